The first-order valence-corrected chi connectivity index (χ1v) is 5.09. The van der Waals surface area contributed by atoms with E-state index in [2.05, 4.69) is 10.6 Å². The van der Waals surface area contributed by atoms with Crippen LogP contribution in [-0.2, 0) is 0 Å². The Kier molecular flexibility index (Phi) is 3.19. The minimum absolute atomic E-state index is 0.196. The van der Waals surface area contributed by atoms with Crippen LogP contribution >= 0.6 is 0 Å². The van der Waals surface area contributed by atoms with E-state index in [1.807, 2.05) is 18.2 Å². The van der Waals surface area contributed by atoms with Gasteiger partial charge in [0.15, 0.2) is 0 Å². The Bertz CT molecular complexity index is 321. The van der Waals surface area contributed by atoms with Gasteiger partial charge in [-0.05, 0) is 25.1 Å². The maximum atomic E-state index is 11.4. The number of hydrogen-bond acceptors (Lipinski definition) is 3. The molecule has 1 aliphatic heterocycles. The molecule has 1 atom stereocenters. The normalized spacial score (nSPS) is 19.9. The minimum atomic E-state index is -0.380. The van der Waals surface area contributed by atoms with Crippen LogP contribution in [0, 0.1) is 0 Å². The summed E-state index contributed by atoms with van der Waals surface area (Å²) in [5.41, 5.74) is 0. The van der Waals surface area contributed by atoms with Gasteiger partial charge in [0, 0.05) is 12.6 Å². The van der Waals surface area contributed by atoms with E-state index >= 15 is 0 Å². The molecule has 4 nitrogen and oxygen atoms in total. The van der Waals surface area contributed by atoms with Crippen LogP contribution < -0.4 is 15.4 Å². The van der Waals surface area contributed by atoms with Crippen LogP contribution in [0.5, 0.6) is 5.75 Å². The predicted octanol–water partition coefficient (Wildman–Crippen LogP) is 1.14. The van der Waals surface area contributed by atoms with Gasteiger partial charge < -0.3 is 15.4 Å². The minimum Gasteiger partial charge on any atom is -0.410 e. The summed E-state index contributed by atoms with van der Waals surface area (Å²) in [5, 5.41) is 5.97. The highest BCUT2D eigenvalue weighted by Gasteiger charge is 2.17. The maximum absolute atomic E-state index is 11.4. The van der Waals surface area contributed by atoms with E-state index in [0.29, 0.717) is 5.75 Å². The Labute approximate surface area is 88.6 Å². The van der Waals surface area contributed by atoms with E-state index in [9.17, 15) is 4.79 Å². The molecule has 80 valence electrons. The number of amides is 1. The molecule has 1 aliphatic rings. The van der Waals surface area contributed by atoms with Crippen molar-refractivity contribution in [3.63, 3.8) is 0 Å². The Morgan fingerprint density at radius 3 is 2.87 bits per heavy atom. The van der Waals surface area contributed by atoms with Gasteiger partial charge in [-0.25, -0.2) is 4.79 Å². The fourth-order valence-corrected chi connectivity index (χ4v) is 1.57. The third-order valence-corrected chi connectivity index (χ3v) is 2.34. The zero-order valence-corrected chi connectivity index (χ0v) is 8.40. The summed E-state index contributed by atoms with van der Waals surface area (Å²) in [5.74, 6) is 0.570. The quantitative estimate of drug-likeness (QED) is 0.762. The lowest BCUT2D eigenvalue weighted by atomic mass is 10.3. The lowest BCUT2D eigenvalue weighted by Crippen LogP contribution is -2.38. The summed E-state index contributed by atoms with van der Waals surface area (Å²) >= 11 is 0. The summed E-state index contributed by atoms with van der Waals surface area (Å²) < 4.78 is 5.10. The SMILES string of the molecule is O=C(NC1CCNC1)Oc1ccccc1. The predicted molar refractivity (Wildman–Crippen MR) is 56.9 cm³/mol. The topological polar surface area (TPSA) is 50.4 Å². The van der Waals surface area contributed by atoms with Gasteiger partial charge in [0.25, 0.3) is 0 Å². The van der Waals surface area contributed by atoms with Crippen LogP contribution in [0.2, 0.25) is 0 Å². The standard InChI is InChI=1S/C11H14N2O2/c14-11(13-9-6-7-12-8-9)15-10-4-2-1-3-5-10/h1-5,9,12H,6-8H2,(H,13,14). The molecule has 1 aromatic rings. The molecule has 1 heterocycles. The number of rotatable bonds is 2. The molecule has 1 aromatic carbocycles. The fraction of sp³-hybridized carbons (Fsp3) is 0.364. The molecule has 1 unspecified atom stereocenters. The van der Waals surface area contributed by atoms with Crippen molar-refractivity contribution in [3.8, 4) is 5.75 Å². The van der Waals surface area contributed by atoms with Crippen molar-refractivity contribution in [1.82, 2.24) is 10.6 Å². The highest BCUT2D eigenvalue weighted by atomic mass is 16.6. The second kappa shape index (κ2) is 4.79. The number of carbonyl (C=O) groups excluding carboxylic acids is 1. The second-order valence-corrected chi connectivity index (χ2v) is 3.54. The van der Waals surface area contributed by atoms with Crippen LogP contribution in [0.25, 0.3) is 0 Å². The van der Waals surface area contributed by atoms with E-state index in [1.165, 1.54) is 0 Å². The number of carbonyl (C=O) groups is 1. The smallest absolute Gasteiger partial charge is 0.410 e. The molecule has 15 heavy (non-hydrogen) atoms. The van der Waals surface area contributed by atoms with Crippen molar-refractivity contribution in [2.24, 2.45) is 0 Å². The summed E-state index contributed by atoms with van der Waals surface area (Å²) in [6.07, 6.45) is 0.582. The summed E-state index contributed by atoms with van der Waals surface area (Å²) in [4.78, 5) is 11.4. The van der Waals surface area contributed by atoms with Gasteiger partial charge in [-0.1, -0.05) is 18.2 Å². The first kappa shape index (κ1) is 9.98. The molecule has 0 spiro atoms. The van der Waals surface area contributed by atoms with E-state index < -0.39 is 0 Å². The Hall–Kier alpha value is -1.55. The van der Waals surface area contributed by atoms with Crippen molar-refractivity contribution in [1.29, 1.82) is 0 Å². The molecule has 1 saturated heterocycles. The van der Waals surface area contributed by atoms with Crippen molar-refractivity contribution in [2.75, 3.05) is 13.1 Å². The molecule has 2 N–H and O–H groups in total. The number of para-hydroxylation sites is 1. The first-order chi connectivity index (χ1) is 7.34. The van der Waals surface area contributed by atoms with Gasteiger partial charge in [0.05, 0.1) is 0 Å². The highest BCUT2D eigenvalue weighted by molar-refractivity contribution is 5.70. The molecule has 1 amide bonds. The molecule has 4 heteroatoms. The maximum Gasteiger partial charge on any atom is 0.412 e. The lowest BCUT2D eigenvalue weighted by molar-refractivity contribution is 0.197. The molecule has 0 radical (unpaired) electrons. The van der Waals surface area contributed by atoms with Crippen molar-refractivity contribution in [3.05, 3.63) is 30.3 Å². The number of benzene rings is 1. The summed E-state index contributed by atoms with van der Waals surface area (Å²) in [6, 6.07) is 9.26. The number of hydrogen-bond donors (Lipinski definition) is 2. The molecule has 0 aromatic heterocycles. The van der Waals surface area contributed by atoms with E-state index in [4.69, 9.17) is 4.74 Å². The first-order valence-electron chi connectivity index (χ1n) is 5.09. The number of nitrogens with one attached hydrogen (secondary N) is 2. The Morgan fingerprint density at radius 2 is 2.20 bits per heavy atom. The van der Waals surface area contributed by atoms with Gasteiger partial charge in [0.1, 0.15) is 5.75 Å². The van der Waals surface area contributed by atoms with E-state index in [1.54, 1.807) is 12.1 Å². The Balaban J connectivity index is 1.82. The molecule has 1 fully saturated rings. The van der Waals surface area contributed by atoms with Crippen molar-refractivity contribution >= 4 is 6.09 Å². The van der Waals surface area contributed by atoms with E-state index in [-0.39, 0.29) is 12.1 Å². The Morgan fingerprint density at radius 1 is 1.40 bits per heavy atom. The molecule has 0 aliphatic carbocycles. The molecular weight excluding hydrogens is 192 g/mol. The van der Waals surface area contributed by atoms with Crippen LogP contribution in [0.15, 0.2) is 30.3 Å². The van der Waals surface area contributed by atoms with Crippen LogP contribution in [-0.4, -0.2) is 25.2 Å². The van der Waals surface area contributed by atoms with Crippen LogP contribution in [0.4, 0.5) is 4.79 Å². The average molecular weight is 206 g/mol. The molecule has 0 bridgehead atoms. The lowest BCUT2D eigenvalue weighted by Gasteiger charge is -2.11. The van der Waals surface area contributed by atoms with Gasteiger partial charge in [-0.15, -0.1) is 0 Å². The molecular formula is C11H14N2O2. The van der Waals surface area contributed by atoms with Gasteiger partial charge in [0.2, 0.25) is 0 Å². The zero-order valence-electron chi connectivity index (χ0n) is 8.40. The van der Waals surface area contributed by atoms with Gasteiger partial charge >= 0.3 is 6.09 Å². The highest BCUT2D eigenvalue weighted by Crippen LogP contribution is 2.08. The largest absolute Gasteiger partial charge is 0.412 e. The van der Waals surface area contributed by atoms with Crippen LogP contribution in [0.1, 0.15) is 6.42 Å². The van der Waals surface area contributed by atoms with Crippen LogP contribution in [0.3, 0.4) is 0 Å². The van der Waals surface area contributed by atoms with E-state index in [0.717, 1.165) is 19.5 Å². The summed E-state index contributed by atoms with van der Waals surface area (Å²) in [7, 11) is 0. The monoisotopic (exact) mass is 206 g/mol. The zero-order chi connectivity index (χ0) is 10.5. The van der Waals surface area contributed by atoms with Gasteiger partial charge in [-0.2, -0.15) is 0 Å². The third kappa shape index (κ3) is 2.95. The summed E-state index contributed by atoms with van der Waals surface area (Å²) in [6.45, 7) is 1.78. The molecule has 0 saturated carbocycles. The van der Waals surface area contributed by atoms with Gasteiger partial charge in [-0.3, -0.25) is 0 Å². The van der Waals surface area contributed by atoms with Crippen molar-refractivity contribution < 1.29 is 9.53 Å². The molecule has 2 rings (SSSR count). The second-order valence-electron chi connectivity index (χ2n) is 3.54. The van der Waals surface area contributed by atoms with Crippen molar-refractivity contribution in [2.45, 2.75) is 12.5 Å². The third-order valence-electron chi connectivity index (χ3n) is 2.34. The average Bonchev–Trinajstić information content (AvgIpc) is 2.71. The fourth-order valence-electron chi connectivity index (χ4n) is 1.57. The number of ether oxygens (including phenoxy) is 1.